The fourth-order valence-corrected chi connectivity index (χ4v) is 4.43. The summed E-state index contributed by atoms with van der Waals surface area (Å²) >= 11 is 0. The van der Waals surface area contributed by atoms with Crippen LogP contribution in [0.3, 0.4) is 0 Å². The Morgan fingerprint density at radius 3 is 2.84 bits per heavy atom. The van der Waals surface area contributed by atoms with Crippen molar-refractivity contribution in [3.63, 3.8) is 0 Å². The number of hydrogen-bond acceptors (Lipinski definition) is 7. The van der Waals surface area contributed by atoms with Crippen molar-refractivity contribution in [3.05, 3.63) is 57.5 Å². The Balaban J connectivity index is 1.45. The van der Waals surface area contributed by atoms with Crippen LogP contribution in [0.1, 0.15) is 31.4 Å². The number of imidazole rings is 1. The number of nitrogens with one attached hydrogen (secondary N) is 3. The molecule has 31 heavy (non-hydrogen) atoms. The molecule has 6 rings (SSSR count). The third kappa shape index (κ3) is 3.33. The van der Waals surface area contributed by atoms with E-state index in [0.717, 1.165) is 25.7 Å². The first-order chi connectivity index (χ1) is 15.1. The molecule has 3 atom stereocenters. The number of anilines is 1. The highest BCUT2D eigenvalue weighted by Crippen LogP contribution is 2.37. The van der Waals surface area contributed by atoms with E-state index in [4.69, 9.17) is 9.98 Å². The predicted octanol–water partition coefficient (Wildman–Crippen LogP) is 0.390. The fourth-order valence-electron chi connectivity index (χ4n) is 4.43. The van der Waals surface area contributed by atoms with Crippen molar-refractivity contribution in [2.24, 2.45) is 16.8 Å². The number of allylic oxidation sites excluding steroid dienone is 3. The van der Waals surface area contributed by atoms with Crippen molar-refractivity contribution >= 4 is 17.7 Å². The zero-order chi connectivity index (χ0) is 20.9. The lowest BCUT2D eigenvalue weighted by Crippen LogP contribution is -2.30. The first-order valence-electron chi connectivity index (χ1n) is 10.6. The van der Waals surface area contributed by atoms with Gasteiger partial charge in [0.1, 0.15) is 5.69 Å². The maximum absolute atomic E-state index is 11.5. The van der Waals surface area contributed by atoms with Crippen LogP contribution >= 0.6 is 0 Å². The summed E-state index contributed by atoms with van der Waals surface area (Å²) in [6.45, 7) is 0. The quantitative estimate of drug-likeness (QED) is 0.484. The molecule has 2 saturated carbocycles. The molecule has 0 spiro atoms. The van der Waals surface area contributed by atoms with Crippen LogP contribution in [0, 0.1) is 11.8 Å². The molecule has 3 aromatic rings. The molecule has 158 valence electrons. The number of fused-ring (bicyclic) bond motifs is 2. The molecule has 3 heterocycles. The van der Waals surface area contributed by atoms with Crippen molar-refractivity contribution in [2.45, 2.75) is 37.8 Å². The topological polar surface area (TPSA) is 136 Å². The van der Waals surface area contributed by atoms with Gasteiger partial charge >= 0.3 is 5.69 Å². The molecule has 3 aromatic heterocycles. The summed E-state index contributed by atoms with van der Waals surface area (Å²) in [5.74, 6) is 1.26. The standard InChI is InChI=1S/C21H22N8O2/c30-18-16(25-21(31)27-18)9-12-10-22-29-17(12)26-19(28-20(29)23-13-6-7-13)24-15-8-5-11-3-1-2-4-14(11)15/h1-4,9-11,13-15,30H,5-8H2,(H,23,24,28)(H2,25,27,31). The third-order valence-electron chi connectivity index (χ3n) is 6.15. The minimum atomic E-state index is -0.480. The van der Waals surface area contributed by atoms with E-state index in [0.29, 0.717) is 34.3 Å². The van der Waals surface area contributed by atoms with Gasteiger partial charge < -0.3 is 15.4 Å². The van der Waals surface area contributed by atoms with Crippen LogP contribution < -0.4 is 21.8 Å². The van der Waals surface area contributed by atoms with Gasteiger partial charge in [0.15, 0.2) is 5.65 Å². The highest BCUT2D eigenvalue weighted by molar-refractivity contribution is 5.57. The minimum Gasteiger partial charge on any atom is -0.493 e. The van der Waals surface area contributed by atoms with Gasteiger partial charge in [-0.2, -0.15) is 19.6 Å². The summed E-state index contributed by atoms with van der Waals surface area (Å²) < 4.78 is 1.61. The first kappa shape index (κ1) is 18.1. The van der Waals surface area contributed by atoms with Crippen LogP contribution in [-0.4, -0.2) is 46.7 Å². The zero-order valence-corrected chi connectivity index (χ0v) is 16.7. The van der Waals surface area contributed by atoms with E-state index in [2.05, 4.69) is 49.7 Å². The summed E-state index contributed by atoms with van der Waals surface area (Å²) in [6.07, 6.45) is 16.3. The van der Waals surface area contributed by atoms with Crippen LogP contribution in [0.15, 0.2) is 40.3 Å². The number of nitrogens with zero attached hydrogens (tertiary/aromatic N) is 5. The number of aromatic hydroxyl groups is 1. The van der Waals surface area contributed by atoms with Gasteiger partial charge in [0.2, 0.25) is 11.8 Å². The summed E-state index contributed by atoms with van der Waals surface area (Å²) in [5.41, 5.74) is 0.862. The molecule has 4 N–H and O–H groups in total. The van der Waals surface area contributed by atoms with Gasteiger partial charge in [0, 0.05) is 17.2 Å². The van der Waals surface area contributed by atoms with E-state index in [1.165, 1.54) is 0 Å². The fraction of sp³-hybridized carbons (Fsp3) is 0.381. The smallest absolute Gasteiger partial charge is 0.326 e. The second-order valence-electron chi connectivity index (χ2n) is 8.37. The second kappa shape index (κ2) is 6.93. The van der Waals surface area contributed by atoms with E-state index in [1.54, 1.807) is 16.8 Å². The molecule has 2 fully saturated rings. The summed E-state index contributed by atoms with van der Waals surface area (Å²) in [5, 5.41) is 18.5. The average molecular weight is 418 g/mol. The van der Waals surface area contributed by atoms with Crippen LogP contribution in [-0.2, 0) is 0 Å². The summed E-state index contributed by atoms with van der Waals surface area (Å²) in [7, 11) is 0. The normalized spacial score (nSPS) is 26.1. The second-order valence-corrected chi connectivity index (χ2v) is 8.37. The Morgan fingerprint density at radius 1 is 1.16 bits per heavy atom. The number of rotatable bonds is 4. The monoisotopic (exact) mass is 418 g/mol. The third-order valence-corrected chi connectivity index (χ3v) is 6.15. The molecule has 0 amide bonds. The Morgan fingerprint density at radius 2 is 2.03 bits per heavy atom. The molecule has 0 aliphatic heterocycles. The molecular formula is C21H22N8O2. The lowest BCUT2D eigenvalue weighted by molar-refractivity contribution is 0.454. The van der Waals surface area contributed by atoms with Gasteiger partial charge in [0.25, 0.3) is 5.62 Å². The van der Waals surface area contributed by atoms with Gasteiger partial charge in [-0.15, -0.1) is 0 Å². The maximum Gasteiger partial charge on any atom is 0.326 e. The number of H-pyrrole nitrogens is 2. The van der Waals surface area contributed by atoms with Gasteiger partial charge in [-0.1, -0.05) is 24.3 Å². The largest absolute Gasteiger partial charge is 0.493 e. The lowest BCUT2D eigenvalue weighted by Gasteiger charge is -2.22. The number of hydrogen-bond donors (Lipinski definition) is 4. The van der Waals surface area contributed by atoms with Crippen LogP contribution in [0.2, 0.25) is 0 Å². The highest BCUT2D eigenvalue weighted by Gasteiger charge is 2.34. The molecule has 0 aromatic carbocycles. The van der Waals surface area contributed by atoms with Crippen LogP contribution in [0.4, 0.5) is 5.95 Å². The molecule has 3 aliphatic rings. The van der Waals surface area contributed by atoms with E-state index in [9.17, 15) is 9.90 Å². The van der Waals surface area contributed by atoms with Crippen LogP contribution in [0.5, 0.6) is 5.88 Å². The Labute approximate surface area is 176 Å². The Hall–Kier alpha value is -3.69. The van der Waals surface area contributed by atoms with E-state index < -0.39 is 5.69 Å². The predicted molar refractivity (Wildman–Crippen MR) is 113 cm³/mol. The van der Waals surface area contributed by atoms with Gasteiger partial charge in [0.05, 0.1) is 12.2 Å². The molecule has 10 heteroatoms. The van der Waals surface area contributed by atoms with E-state index in [-0.39, 0.29) is 23.7 Å². The molecule has 3 unspecified atom stereocenters. The SMILES string of the molecule is O=c1[nH]c(O)c(C=c2cnn3c(=NC4CC4)nc(NC4CCC5C=CC=CC54)nc23)[nH]1. The molecular weight excluding hydrogens is 396 g/mol. The van der Waals surface area contributed by atoms with Crippen LogP contribution in [0.25, 0.3) is 11.7 Å². The minimum absolute atomic E-state index is 0.228. The van der Waals surface area contributed by atoms with Crippen molar-refractivity contribution in [2.75, 3.05) is 5.32 Å². The van der Waals surface area contributed by atoms with Gasteiger partial charge in [-0.25, -0.2) is 9.79 Å². The van der Waals surface area contributed by atoms with E-state index >= 15 is 0 Å². The average Bonchev–Trinajstić information content (AvgIpc) is 3.20. The van der Waals surface area contributed by atoms with Gasteiger partial charge in [-0.05, 0) is 37.7 Å². The lowest BCUT2D eigenvalue weighted by atomic mass is 9.90. The van der Waals surface area contributed by atoms with E-state index in [1.807, 2.05) is 0 Å². The summed E-state index contributed by atoms with van der Waals surface area (Å²) in [6, 6.07) is 0.526. The van der Waals surface area contributed by atoms with Gasteiger partial charge in [-0.3, -0.25) is 4.98 Å². The molecule has 0 bridgehead atoms. The Bertz CT molecular complexity index is 1390. The molecule has 10 nitrogen and oxygen atoms in total. The molecule has 3 aliphatic carbocycles. The highest BCUT2D eigenvalue weighted by atomic mass is 16.3. The number of aromatic amines is 2. The Kier molecular flexibility index (Phi) is 4.05. The van der Waals surface area contributed by atoms with Crippen molar-refractivity contribution in [3.8, 4) is 5.88 Å². The van der Waals surface area contributed by atoms with Crippen molar-refractivity contribution in [1.82, 2.24) is 29.5 Å². The number of aromatic nitrogens is 6. The first-order valence-corrected chi connectivity index (χ1v) is 10.6. The maximum atomic E-state index is 11.5. The molecule has 0 saturated heterocycles. The van der Waals surface area contributed by atoms with Crippen molar-refractivity contribution < 1.29 is 5.11 Å². The summed E-state index contributed by atoms with van der Waals surface area (Å²) in [4.78, 5) is 30.4. The molecule has 0 radical (unpaired) electrons. The van der Waals surface area contributed by atoms with Crippen molar-refractivity contribution in [1.29, 1.82) is 0 Å². The zero-order valence-electron chi connectivity index (χ0n) is 16.7.